The fraction of sp³-hybridized carbons (Fsp3) is 1.00. The molecular formula is C16H33N3. The second-order valence-corrected chi connectivity index (χ2v) is 8.14. The summed E-state index contributed by atoms with van der Waals surface area (Å²) in [6, 6.07) is 0.649. The quantitative estimate of drug-likeness (QED) is 0.817. The molecule has 0 spiro atoms. The molecule has 2 aliphatic heterocycles. The predicted octanol–water partition coefficient (Wildman–Crippen LogP) is 2.08. The molecule has 2 rings (SSSR count). The molecule has 2 N–H and O–H groups in total. The largest absolute Gasteiger partial charge is 0.312 e. The van der Waals surface area contributed by atoms with Crippen molar-refractivity contribution in [2.45, 2.75) is 58.5 Å². The maximum absolute atomic E-state index is 3.81. The van der Waals surface area contributed by atoms with Crippen LogP contribution in [0.15, 0.2) is 0 Å². The zero-order valence-electron chi connectivity index (χ0n) is 13.6. The van der Waals surface area contributed by atoms with Crippen molar-refractivity contribution in [1.82, 2.24) is 15.5 Å². The Morgan fingerprint density at radius 3 is 2.68 bits per heavy atom. The first-order chi connectivity index (χ1) is 8.78. The summed E-state index contributed by atoms with van der Waals surface area (Å²) in [5, 5.41) is 7.41. The average Bonchev–Trinajstić information content (AvgIpc) is 2.67. The molecule has 2 fully saturated rings. The van der Waals surface area contributed by atoms with Crippen LogP contribution in [0.5, 0.6) is 0 Å². The molecule has 0 bridgehead atoms. The molecule has 2 atom stereocenters. The smallest absolute Gasteiger partial charge is 0.0210 e. The molecule has 0 aromatic heterocycles. The highest BCUT2D eigenvalue weighted by Gasteiger charge is 2.35. The zero-order valence-corrected chi connectivity index (χ0v) is 13.6. The molecule has 3 nitrogen and oxygen atoms in total. The summed E-state index contributed by atoms with van der Waals surface area (Å²) in [6.07, 6.45) is 4.00. The van der Waals surface area contributed by atoms with Crippen LogP contribution in [0.3, 0.4) is 0 Å². The molecule has 3 heteroatoms. The van der Waals surface area contributed by atoms with Crippen LogP contribution in [0.1, 0.15) is 47.0 Å². The van der Waals surface area contributed by atoms with Crippen LogP contribution in [0.2, 0.25) is 0 Å². The van der Waals surface area contributed by atoms with E-state index in [2.05, 4.69) is 50.3 Å². The van der Waals surface area contributed by atoms with Gasteiger partial charge in [-0.15, -0.1) is 0 Å². The van der Waals surface area contributed by atoms with Crippen LogP contribution in [0.25, 0.3) is 0 Å². The highest BCUT2D eigenvalue weighted by molar-refractivity contribution is 4.94. The van der Waals surface area contributed by atoms with E-state index >= 15 is 0 Å². The monoisotopic (exact) mass is 267 g/mol. The van der Waals surface area contributed by atoms with Crippen molar-refractivity contribution in [3.05, 3.63) is 0 Å². The molecule has 2 unspecified atom stereocenters. The minimum Gasteiger partial charge on any atom is -0.312 e. The van der Waals surface area contributed by atoms with Gasteiger partial charge in [0.05, 0.1) is 0 Å². The van der Waals surface area contributed by atoms with E-state index in [0.717, 1.165) is 19.0 Å². The Labute approximate surface area is 119 Å². The molecule has 0 radical (unpaired) electrons. The lowest BCUT2D eigenvalue weighted by Crippen LogP contribution is -2.46. The van der Waals surface area contributed by atoms with Gasteiger partial charge >= 0.3 is 0 Å². The summed E-state index contributed by atoms with van der Waals surface area (Å²) in [7, 11) is 2.26. The number of nitrogens with one attached hydrogen (secondary N) is 2. The highest BCUT2D eigenvalue weighted by atomic mass is 15.1. The zero-order chi connectivity index (χ0) is 14.1. The summed E-state index contributed by atoms with van der Waals surface area (Å²) in [5.41, 5.74) is 0.717. The van der Waals surface area contributed by atoms with Crippen molar-refractivity contribution >= 4 is 0 Å². The second-order valence-electron chi connectivity index (χ2n) is 8.14. The fourth-order valence-electron chi connectivity index (χ4n) is 3.66. The van der Waals surface area contributed by atoms with Gasteiger partial charge in [0.2, 0.25) is 0 Å². The third-order valence-corrected chi connectivity index (χ3v) is 5.16. The van der Waals surface area contributed by atoms with Crippen LogP contribution in [-0.2, 0) is 0 Å². The van der Waals surface area contributed by atoms with Crippen molar-refractivity contribution < 1.29 is 0 Å². The number of nitrogens with zero attached hydrogens (tertiary/aromatic N) is 1. The number of likely N-dealkylation sites (tertiary alicyclic amines) is 1. The first-order valence-electron chi connectivity index (χ1n) is 7.95. The van der Waals surface area contributed by atoms with E-state index in [1.165, 1.54) is 32.4 Å². The highest BCUT2D eigenvalue weighted by Crippen LogP contribution is 2.33. The molecule has 0 amide bonds. The maximum atomic E-state index is 3.81. The summed E-state index contributed by atoms with van der Waals surface area (Å²) in [4.78, 5) is 2.50. The lowest BCUT2D eigenvalue weighted by Gasteiger charge is -2.41. The van der Waals surface area contributed by atoms with Crippen molar-refractivity contribution in [3.63, 3.8) is 0 Å². The van der Waals surface area contributed by atoms with E-state index in [4.69, 9.17) is 0 Å². The van der Waals surface area contributed by atoms with Crippen molar-refractivity contribution in [3.8, 4) is 0 Å². The SMILES string of the molecule is CN1CCCC(C(C)(C)CNC2CNC(C)(C)C2)C1. The minimum absolute atomic E-state index is 0.312. The summed E-state index contributed by atoms with van der Waals surface area (Å²) in [5.74, 6) is 0.834. The molecule has 19 heavy (non-hydrogen) atoms. The van der Waals surface area contributed by atoms with Crippen molar-refractivity contribution in [2.24, 2.45) is 11.3 Å². The second kappa shape index (κ2) is 5.71. The minimum atomic E-state index is 0.312. The number of piperidine rings is 1. The lowest BCUT2D eigenvalue weighted by molar-refractivity contribution is 0.100. The number of hydrogen-bond acceptors (Lipinski definition) is 3. The van der Waals surface area contributed by atoms with Crippen LogP contribution < -0.4 is 10.6 Å². The van der Waals surface area contributed by atoms with Gasteiger partial charge in [-0.2, -0.15) is 0 Å². The molecule has 0 aliphatic carbocycles. The van der Waals surface area contributed by atoms with Crippen molar-refractivity contribution in [1.29, 1.82) is 0 Å². The lowest BCUT2D eigenvalue weighted by atomic mass is 9.74. The van der Waals surface area contributed by atoms with Gasteiger partial charge in [-0.1, -0.05) is 13.8 Å². The molecule has 2 aliphatic rings. The Bertz CT molecular complexity index is 298. The summed E-state index contributed by atoms with van der Waals surface area (Å²) >= 11 is 0. The van der Waals surface area contributed by atoms with Crippen molar-refractivity contribution in [2.75, 3.05) is 33.2 Å². The molecule has 0 aromatic rings. The van der Waals surface area contributed by atoms with Gasteiger partial charge < -0.3 is 15.5 Å². The fourth-order valence-corrected chi connectivity index (χ4v) is 3.66. The topological polar surface area (TPSA) is 27.3 Å². The first kappa shape index (κ1) is 15.3. The van der Waals surface area contributed by atoms with Gasteiger partial charge in [0.15, 0.2) is 0 Å². The van der Waals surface area contributed by atoms with E-state index in [1.54, 1.807) is 0 Å². The van der Waals surface area contributed by atoms with Crippen LogP contribution in [0, 0.1) is 11.3 Å². The van der Waals surface area contributed by atoms with E-state index in [9.17, 15) is 0 Å². The maximum Gasteiger partial charge on any atom is 0.0210 e. The molecule has 0 aromatic carbocycles. The Balaban J connectivity index is 1.80. The van der Waals surface area contributed by atoms with Gasteiger partial charge in [-0.3, -0.25) is 0 Å². The standard InChI is InChI=1S/C16H33N3/c1-15(2,13-7-6-8-19(5)11-13)12-17-14-9-16(3,4)18-10-14/h13-14,17-18H,6-12H2,1-5H3. The third-order valence-electron chi connectivity index (χ3n) is 5.16. The van der Waals surface area contributed by atoms with Gasteiger partial charge in [0, 0.05) is 31.2 Å². The van der Waals surface area contributed by atoms with E-state index < -0.39 is 0 Å². The molecule has 0 saturated carbocycles. The molecule has 112 valence electrons. The Morgan fingerprint density at radius 2 is 2.11 bits per heavy atom. The third kappa shape index (κ3) is 4.17. The number of hydrogen-bond donors (Lipinski definition) is 2. The number of rotatable bonds is 4. The Hall–Kier alpha value is -0.120. The molecular weight excluding hydrogens is 234 g/mol. The molecule has 2 heterocycles. The summed E-state index contributed by atoms with van der Waals surface area (Å²) in [6.45, 7) is 14.3. The Kier molecular flexibility index (Phi) is 4.59. The van der Waals surface area contributed by atoms with Gasteiger partial charge in [-0.05, 0) is 58.0 Å². The van der Waals surface area contributed by atoms with Gasteiger partial charge in [-0.25, -0.2) is 0 Å². The Morgan fingerprint density at radius 1 is 1.37 bits per heavy atom. The van der Waals surface area contributed by atoms with E-state index in [-0.39, 0.29) is 0 Å². The summed E-state index contributed by atoms with van der Waals surface area (Å²) < 4.78 is 0. The van der Waals surface area contributed by atoms with Crippen LogP contribution in [-0.4, -0.2) is 49.7 Å². The average molecular weight is 267 g/mol. The van der Waals surface area contributed by atoms with E-state index in [0.29, 0.717) is 17.0 Å². The van der Waals surface area contributed by atoms with Crippen LogP contribution in [0.4, 0.5) is 0 Å². The normalized spacial score (nSPS) is 32.7. The first-order valence-corrected chi connectivity index (χ1v) is 7.95. The van der Waals surface area contributed by atoms with Gasteiger partial charge in [0.1, 0.15) is 0 Å². The molecule has 2 saturated heterocycles. The van der Waals surface area contributed by atoms with E-state index in [1.807, 2.05) is 0 Å². The van der Waals surface area contributed by atoms with Crippen LogP contribution >= 0.6 is 0 Å². The van der Waals surface area contributed by atoms with Gasteiger partial charge in [0.25, 0.3) is 0 Å². The predicted molar refractivity (Wildman–Crippen MR) is 82.5 cm³/mol.